The van der Waals surface area contributed by atoms with Gasteiger partial charge in [-0.15, -0.1) is 0 Å². The lowest BCUT2D eigenvalue weighted by atomic mass is 10.1. The summed E-state index contributed by atoms with van der Waals surface area (Å²) in [5.74, 6) is 0. The SMILES string of the molecule is CCC(C)NC(CN)c1ccsc1. The van der Waals surface area contributed by atoms with E-state index in [1.165, 1.54) is 5.56 Å². The van der Waals surface area contributed by atoms with Crippen molar-refractivity contribution in [2.45, 2.75) is 32.4 Å². The molecular weight excluding hydrogens is 180 g/mol. The van der Waals surface area contributed by atoms with Gasteiger partial charge in [0.25, 0.3) is 0 Å². The van der Waals surface area contributed by atoms with Gasteiger partial charge in [-0.2, -0.15) is 11.3 Å². The highest BCUT2D eigenvalue weighted by atomic mass is 32.1. The molecule has 0 fully saturated rings. The molecule has 74 valence electrons. The molecule has 0 radical (unpaired) electrons. The summed E-state index contributed by atoms with van der Waals surface area (Å²) in [6, 6.07) is 2.99. The zero-order valence-electron chi connectivity index (χ0n) is 8.29. The van der Waals surface area contributed by atoms with E-state index in [4.69, 9.17) is 5.73 Å². The first-order chi connectivity index (χ1) is 6.27. The molecule has 2 atom stereocenters. The molecule has 1 aromatic heterocycles. The monoisotopic (exact) mass is 198 g/mol. The Morgan fingerprint density at radius 1 is 1.62 bits per heavy atom. The maximum atomic E-state index is 5.71. The summed E-state index contributed by atoms with van der Waals surface area (Å²) in [7, 11) is 0. The minimum atomic E-state index is 0.321. The molecule has 0 aromatic carbocycles. The van der Waals surface area contributed by atoms with Gasteiger partial charge in [0, 0.05) is 18.6 Å². The Kier molecular flexibility index (Phi) is 4.42. The third-order valence-electron chi connectivity index (χ3n) is 2.28. The maximum absolute atomic E-state index is 5.71. The highest BCUT2D eigenvalue weighted by Gasteiger charge is 2.11. The molecule has 2 nitrogen and oxygen atoms in total. The molecule has 0 bridgehead atoms. The second kappa shape index (κ2) is 5.37. The van der Waals surface area contributed by atoms with E-state index in [1.54, 1.807) is 11.3 Å². The van der Waals surface area contributed by atoms with Crippen LogP contribution >= 0.6 is 11.3 Å². The van der Waals surface area contributed by atoms with Crippen LogP contribution in [0.5, 0.6) is 0 Å². The first-order valence-corrected chi connectivity index (χ1v) is 5.70. The van der Waals surface area contributed by atoms with Crippen LogP contribution in [0.25, 0.3) is 0 Å². The zero-order valence-corrected chi connectivity index (χ0v) is 9.10. The van der Waals surface area contributed by atoms with Gasteiger partial charge in [0.15, 0.2) is 0 Å². The van der Waals surface area contributed by atoms with Gasteiger partial charge >= 0.3 is 0 Å². The number of nitrogens with one attached hydrogen (secondary N) is 1. The molecule has 1 rings (SSSR count). The molecule has 0 spiro atoms. The van der Waals surface area contributed by atoms with Crippen LogP contribution in [0.2, 0.25) is 0 Å². The first kappa shape index (κ1) is 10.7. The van der Waals surface area contributed by atoms with E-state index < -0.39 is 0 Å². The van der Waals surface area contributed by atoms with E-state index in [0.29, 0.717) is 18.6 Å². The van der Waals surface area contributed by atoms with Crippen molar-refractivity contribution in [3.05, 3.63) is 22.4 Å². The minimum Gasteiger partial charge on any atom is -0.329 e. The molecule has 0 aliphatic carbocycles. The van der Waals surface area contributed by atoms with E-state index >= 15 is 0 Å². The van der Waals surface area contributed by atoms with Crippen molar-refractivity contribution in [2.75, 3.05) is 6.54 Å². The number of nitrogens with two attached hydrogens (primary N) is 1. The van der Waals surface area contributed by atoms with Crippen molar-refractivity contribution >= 4 is 11.3 Å². The highest BCUT2D eigenvalue weighted by Crippen LogP contribution is 2.16. The number of hydrogen-bond donors (Lipinski definition) is 2. The Hall–Kier alpha value is -0.380. The quantitative estimate of drug-likeness (QED) is 0.760. The Morgan fingerprint density at radius 3 is 2.85 bits per heavy atom. The van der Waals surface area contributed by atoms with Crippen LogP contribution in [0.1, 0.15) is 31.9 Å². The highest BCUT2D eigenvalue weighted by molar-refractivity contribution is 7.07. The van der Waals surface area contributed by atoms with Gasteiger partial charge in [-0.25, -0.2) is 0 Å². The van der Waals surface area contributed by atoms with Gasteiger partial charge in [-0.3, -0.25) is 0 Å². The molecule has 1 heterocycles. The van der Waals surface area contributed by atoms with Gasteiger partial charge < -0.3 is 11.1 Å². The van der Waals surface area contributed by atoms with Crippen LogP contribution in [-0.4, -0.2) is 12.6 Å². The lowest BCUT2D eigenvalue weighted by Gasteiger charge is -2.20. The van der Waals surface area contributed by atoms with Crippen LogP contribution in [0.15, 0.2) is 16.8 Å². The topological polar surface area (TPSA) is 38.0 Å². The summed E-state index contributed by atoms with van der Waals surface area (Å²) in [5, 5.41) is 7.75. The van der Waals surface area contributed by atoms with Crippen molar-refractivity contribution < 1.29 is 0 Å². The third kappa shape index (κ3) is 3.10. The molecule has 0 amide bonds. The van der Waals surface area contributed by atoms with Gasteiger partial charge in [0.1, 0.15) is 0 Å². The summed E-state index contributed by atoms with van der Waals surface area (Å²) in [5.41, 5.74) is 7.02. The third-order valence-corrected chi connectivity index (χ3v) is 2.98. The van der Waals surface area contributed by atoms with Gasteiger partial charge in [-0.05, 0) is 35.7 Å². The number of hydrogen-bond acceptors (Lipinski definition) is 3. The molecule has 0 aliphatic heterocycles. The number of thiophene rings is 1. The molecular formula is C10H18N2S. The molecule has 13 heavy (non-hydrogen) atoms. The largest absolute Gasteiger partial charge is 0.329 e. The maximum Gasteiger partial charge on any atom is 0.0454 e. The van der Waals surface area contributed by atoms with Gasteiger partial charge in [0.2, 0.25) is 0 Å². The fourth-order valence-corrected chi connectivity index (χ4v) is 1.95. The summed E-state index contributed by atoms with van der Waals surface area (Å²) in [4.78, 5) is 0. The van der Waals surface area contributed by atoms with E-state index in [0.717, 1.165) is 6.42 Å². The fourth-order valence-electron chi connectivity index (χ4n) is 1.23. The average molecular weight is 198 g/mol. The van der Waals surface area contributed by atoms with Gasteiger partial charge in [0.05, 0.1) is 0 Å². The second-order valence-corrected chi connectivity index (χ2v) is 4.10. The Morgan fingerprint density at radius 2 is 2.38 bits per heavy atom. The Bertz CT molecular complexity index is 221. The first-order valence-electron chi connectivity index (χ1n) is 4.76. The van der Waals surface area contributed by atoms with Gasteiger partial charge in [-0.1, -0.05) is 6.92 Å². The van der Waals surface area contributed by atoms with Crippen molar-refractivity contribution in [3.63, 3.8) is 0 Å². The molecule has 2 unspecified atom stereocenters. The molecule has 1 aromatic rings. The molecule has 0 aliphatic rings. The van der Waals surface area contributed by atoms with Crippen LogP contribution in [0.4, 0.5) is 0 Å². The predicted molar refractivity (Wildman–Crippen MR) is 59.0 cm³/mol. The molecule has 3 heteroatoms. The predicted octanol–water partition coefficient (Wildman–Crippen LogP) is 2.14. The van der Waals surface area contributed by atoms with Crippen molar-refractivity contribution in [2.24, 2.45) is 5.73 Å². The lowest BCUT2D eigenvalue weighted by Crippen LogP contribution is -2.34. The van der Waals surface area contributed by atoms with Crippen LogP contribution in [-0.2, 0) is 0 Å². The Balaban J connectivity index is 2.53. The lowest BCUT2D eigenvalue weighted by molar-refractivity contribution is 0.452. The summed E-state index contributed by atoms with van der Waals surface area (Å²) >= 11 is 1.72. The van der Waals surface area contributed by atoms with Crippen molar-refractivity contribution in [1.82, 2.24) is 5.32 Å². The molecule has 3 N–H and O–H groups in total. The van der Waals surface area contributed by atoms with Crippen molar-refractivity contribution in [1.29, 1.82) is 0 Å². The van der Waals surface area contributed by atoms with E-state index in [2.05, 4.69) is 36.0 Å². The average Bonchev–Trinajstić information content (AvgIpc) is 2.66. The van der Waals surface area contributed by atoms with Crippen LogP contribution in [0.3, 0.4) is 0 Å². The standard InChI is InChI=1S/C10H18N2S/c1-3-8(2)12-10(6-11)9-4-5-13-7-9/h4-5,7-8,10,12H,3,6,11H2,1-2H3. The minimum absolute atomic E-state index is 0.321. The number of rotatable bonds is 5. The van der Waals surface area contributed by atoms with E-state index in [-0.39, 0.29) is 0 Å². The van der Waals surface area contributed by atoms with Crippen LogP contribution < -0.4 is 11.1 Å². The summed E-state index contributed by atoms with van der Waals surface area (Å²) < 4.78 is 0. The Labute approximate surface area is 84.2 Å². The summed E-state index contributed by atoms with van der Waals surface area (Å²) in [6.45, 7) is 5.04. The molecule has 0 saturated heterocycles. The van der Waals surface area contributed by atoms with E-state index in [1.807, 2.05) is 0 Å². The second-order valence-electron chi connectivity index (χ2n) is 3.32. The molecule has 0 saturated carbocycles. The van der Waals surface area contributed by atoms with Crippen molar-refractivity contribution in [3.8, 4) is 0 Å². The zero-order chi connectivity index (χ0) is 9.68. The van der Waals surface area contributed by atoms with E-state index in [9.17, 15) is 0 Å². The normalized spacial score (nSPS) is 15.6. The fraction of sp³-hybridized carbons (Fsp3) is 0.600. The van der Waals surface area contributed by atoms with Crippen LogP contribution in [0, 0.1) is 0 Å². The summed E-state index contributed by atoms with van der Waals surface area (Å²) in [6.07, 6.45) is 1.14. The smallest absolute Gasteiger partial charge is 0.0454 e.